The van der Waals surface area contributed by atoms with Gasteiger partial charge < -0.3 is 14.6 Å². The summed E-state index contributed by atoms with van der Waals surface area (Å²) < 4.78 is 12.0. The highest BCUT2D eigenvalue weighted by atomic mass is 79.9. The number of fused-ring (bicyclic) bond motifs is 1. The molecule has 0 bridgehead atoms. The van der Waals surface area contributed by atoms with Crippen molar-refractivity contribution in [3.8, 4) is 5.75 Å². The van der Waals surface area contributed by atoms with Gasteiger partial charge in [0, 0.05) is 5.56 Å². The Morgan fingerprint density at radius 1 is 1.38 bits per heavy atom. The molecule has 0 spiro atoms. The molecule has 1 saturated carbocycles. The largest absolute Gasteiger partial charge is 0.492 e. The van der Waals surface area contributed by atoms with Crippen LogP contribution in [-0.2, 0) is 20.9 Å². The second kappa shape index (κ2) is 6.63. The van der Waals surface area contributed by atoms with Crippen LogP contribution in [-0.4, -0.2) is 48.1 Å². The van der Waals surface area contributed by atoms with Gasteiger partial charge in [-0.3, -0.25) is 9.63 Å². The van der Waals surface area contributed by atoms with Gasteiger partial charge in [-0.25, -0.2) is 0 Å². The molecule has 0 aromatic heterocycles. The Kier molecular flexibility index (Phi) is 4.51. The van der Waals surface area contributed by atoms with Crippen molar-refractivity contribution >= 4 is 21.9 Å². The Bertz CT molecular complexity index is 635. The molecule has 3 fully saturated rings. The number of nitrogens with zero attached hydrogens (tertiary/aromatic N) is 1. The Balaban J connectivity index is 1.54. The average Bonchev–Trinajstić information content (AvgIpc) is 3.22. The average molecular weight is 398 g/mol. The number of rotatable bonds is 6. The van der Waals surface area contributed by atoms with Crippen molar-refractivity contribution in [3.05, 3.63) is 28.2 Å². The molecule has 0 amide bonds. The molecule has 2 heterocycles. The van der Waals surface area contributed by atoms with Gasteiger partial charge in [-0.15, -0.1) is 0 Å². The van der Waals surface area contributed by atoms with E-state index in [2.05, 4.69) is 15.9 Å². The monoisotopic (exact) mass is 397 g/mol. The molecule has 1 unspecified atom stereocenters. The van der Waals surface area contributed by atoms with E-state index < -0.39 is 12.1 Å². The van der Waals surface area contributed by atoms with Crippen LogP contribution in [0.5, 0.6) is 5.75 Å². The molecule has 24 heavy (non-hydrogen) atoms. The molecule has 7 heteroatoms. The molecule has 1 aromatic carbocycles. The van der Waals surface area contributed by atoms with E-state index in [9.17, 15) is 9.90 Å². The molecule has 6 nitrogen and oxygen atoms in total. The van der Waals surface area contributed by atoms with Gasteiger partial charge in [-0.2, -0.15) is 5.06 Å². The first kappa shape index (κ1) is 16.3. The third-order valence-electron chi connectivity index (χ3n) is 4.84. The van der Waals surface area contributed by atoms with Crippen molar-refractivity contribution in [1.29, 1.82) is 0 Å². The number of hydroxylamine groups is 2. The van der Waals surface area contributed by atoms with Crippen LogP contribution < -0.4 is 4.74 Å². The summed E-state index contributed by atoms with van der Waals surface area (Å²) in [5, 5.41) is 11.1. The van der Waals surface area contributed by atoms with E-state index in [0.717, 1.165) is 15.8 Å². The highest BCUT2D eigenvalue weighted by molar-refractivity contribution is 9.10. The number of aliphatic hydroxyl groups excluding tert-OH is 1. The SMILES string of the molecule is O=C1OC[C@@H]2C(CO)ON(Cc3cccc(Br)c3OCC3CC3)[C@H]12. The van der Waals surface area contributed by atoms with Crippen molar-refractivity contribution in [2.24, 2.45) is 11.8 Å². The molecular formula is C17H20BrNO5. The van der Waals surface area contributed by atoms with Gasteiger partial charge in [-0.05, 0) is 40.8 Å². The maximum absolute atomic E-state index is 12.0. The van der Waals surface area contributed by atoms with Crippen LogP contribution >= 0.6 is 15.9 Å². The molecule has 0 radical (unpaired) electrons. The highest BCUT2D eigenvalue weighted by Gasteiger charge is 2.52. The van der Waals surface area contributed by atoms with Crippen LogP contribution in [0.4, 0.5) is 0 Å². The number of carbonyl (C=O) groups excluding carboxylic acids is 1. The predicted octanol–water partition coefficient (Wildman–Crippen LogP) is 1.89. The Labute approximate surface area is 148 Å². The molecule has 2 saturated heterocycles. The number of cyclic esters (lactones) is 1. The highest BCUT2D eigenvalue weighted by Crippen LogP contribution is 2.38. The van der Waals surface area contributed by atoms with E-state index in [-0.39, 0.29) is 18.5 Å². The van der Waals surface area contributed by atoms with Crippen LogP contribution in [0.1, 0.15) is 18.4 Å². The molecule has 3 atom stereocenters. The lowest BCUT2D eigenvalue weighted by Crippen LogP contribution is -2.35. The van der Waals surface area contributed by atoms with Gasteiger partial charge in [0.05, 0.1) is 36.8 Å². The number of hydrogen-bond donors (Lipinski definition) is 1. The first-order chi connectivity index (χ1) is 11.7. The van der Waals surface area contributed by atoms with Crippen LogP contribution in [0.25, 0.3) is 0 Å². The number of para-hydroxylation sites is 1. The van der Waals surface area contributed by atoms with Gasteiger partial charge in [0.1, 0.15) is 17.9 Å². The Morgan fingerprint density at radius 3 is 2.96 bits per heavy atom. The fourth-order valence-corrected chi connectivity index (χ4v) is 3.81. The normalized spacial score (nSPS) is 29.6. The second-order valence-electron chi connectivity index (χ2n) is 6.62. The van der Waals surface area contributed by atoms with E-state index in [4.69, 9.17) is 14.3 Å². The number of halogens is 1. The molecule has 3 aliphatic rings. The van der Waals surface area contributed by atoms with Crippen LogP contribution in [0.15, 0.2) is 22.7 Å². The maximum atomic E-state index is 12.0. The fraction of sp³-hybridized carbons (Fsp3) is 0.588. The first-order valence-electron chi connectivity index (χ1n) is 8.28. The quantitative estimate of drug-likeness (QED) is 0.739. The number of carbonyl (C=O) groups is 1. The topological polar surface area (TPSA) is 68.2 Å². The van der Waals surface area contributed by atoms with E-state index in [1.54, 1.807) is 5.06 Å². The summed E-state index contributed by atoms with van der Waals surface area (Å²) in [4.78, 5) is 17.8. The lowest BCUT2D eigenvalue weighted by Gasteiger charge is -2.22. The lowest BCUT2D eigenvalue weighted by molar-refractivity contribution is -0.193. The maximum Gasteiger partial charge on any atom is 0.326 e. The molecule has 1 N–H and O–H groups in total. The zero-order chi connectivity index (χ0) is 16.7. The van der Waals surface area contributed by atoms with Crippen LogP contribution in [0.3, 0.4) is 0 Å². The van der Waals surface area contributed by atoms with E-state index in [1.807, 2.05) is 18.2 Å². The zero-order valence-electron chi connectivity index (χ0n) is 13.2. The van der Waals surface area contributed by atoms with Gasteiger partial charge in [0.2, 0.25) is 0 Å². The van der Waals surface area contributed by atoms with Crippen LogP contribution in [0.2, 0.25) is 0 Å². The minimum Gasteiger partial charge on any atom is -0.492 e. The number of aliphatic hydroxyl groups is 1. The standard InChI is InChI=1S/C17H20BrNO5/c18-13-3-1-2-11(16(13)22-8-10-4-5-10)6-19-15-12(9-23-17(15)21)14(7-20)24-19/h1-3,10,12,14-15,20H,4-9H2/t12-,14?,15+/m1/s1. The Morgan fingerprint density at radius 2 is 2.21 bits per heavy atom. The summed E-state index contributed by atoms with van der Waals surface area (Å²) in [7, 11) is 0. The van der Waals surface area contributed by atoms with Crippen molar-refractivity contribution < 1.29 is 24.2 Å². The van der Waals surface area contributed by atoms with Gasteiger partial charge >= 0.3 is 5.97 Å². The van der Waals surface area contributed by atoms with Gasteiger partial charge in [-0.1, -0.05) is 12.1 Å². The molecule has 4 rings (SSSR count). The van der Waals surface area contributed by atoms with Crippen LogP contribution in [0, 0.1) is 11.8 Å². The van der Waals surface area contributed by atoms with E-state index in [0.29, 0.717) is 25.7 Å². The summed E-state index contributed by atoms with van der Waals surface area (Å²) in [5.74, 6) is 1.04. The third kappa shape index (κ3) is 3.06. The summed E-state index contributed by atoms with van der Waals surface area (Å²) in [6.45, 7) is 1.29. The third-order valence-corrected chi connectivity index (χ3v) is 5.46. The van der Waals surface area contributed by atoms with Crippen molar-refractivity contribution in [2.45, 2.75) is 31.5 Å². The molecule has 130 valence electrons. The molecular weight excluding hydrogens is 378 g/mol. The summed E-state index contributed by atoms with van der Waals surface area (Å²) in [6.07, 6.45) is 2.05. The van der Waals surface area contributed by atoms with E-state index in [1.165, 1.54) is 12.8 Å². The summed E-state index contributed by atoms with van der Waals surface area (Å²) in [6, 6.07) is 5.39. The summed E-state index contributed by atoms with van der Waals surface area (Å²) >= 11 is 3.54. The smallest absolute Gasteiger partial charge is 0.326 e. The fourth-order valence-electron chi connectivity index (χ4n) is 3.29. The second-order valence-corrected chi connectivity index (χ2v) is 7.48. The number of benzene rings is 1. The molecule has 1 aliphatic carbocycles. The zero-order valence-corrected chi connectivity index (χ0v) is 14.8. The van der Waals surface area contributed by atoms with Crippen molar-refractivity contribution in [1.82, 2.24) is 5.06 Å². The first-order valence-corrected chi connectivity index (χ1v) is 9.07. The number of esters is 1. The Hall–Kier alpha value is -1.15. The minimum atomic E-state index is -0.461. The van der Waals surface area contributed by atoms with E-state index >= 15 is 0 Å². The number of ether oxygens (including phenoxy) is 2. The van der Waals surface area contributed by atoms with Gasteiger partial charge in [0.15, 0.2) is 0 Å². The van der Waals surface area contributed by atoms with Crippen molar-refractivity contribution in [2.75, 3.05) is 19.8 Å². The van der Waals surface area contributed by atoms with Crippen molar-refractivity contribution in [3.63, 3.8) is 0 Å². The van der Waals surface area contributed by atoms with Gasteiger partial charge in [0.25, 0.3) is 0 Å². The lowest BCUT2D eigenvalue weighted by atomic mass is 9.98. The molecule has 2 aliphatic heterocycles. The molecule has 1 aromatic rings. The summed E-state index contributed by atoms with van der Waals surface area (Å²) in [5.41, 5.74) is 0.946. The minimum absolute atomic E-state index is 0.120. The number of hydrogen-bond acceptors (Lipinski definition) is 6. The predicted molar refractivity (Wildman–Crippen MR) is 88.1 cm³/mol.